The summed E-state index contributed by atoms with van der Waals surface area (Å²) in [4.78, 5) is 23.5. The lowest BCUT2D eigenvalue weighted by Crippen LogP contribution is -2.39. The van der Waals surface area contributed by atoms with Gasteiger partial charge in [0, 0.05) is 17.9 Å². The molecule has 2 N–H and O–H groups in total. The highest BCUT2D eigenvalue weighted by Gasteiger charge is 2.27. The van der Waals surface area contributed by atoms with Crippen LogP contribution in [0.1, 0.15) is 16.8 Å². The van der Waals surface area contributed by atoms with Gasteiger partial charge in [0.15, 0.2) is 0 Å². The Kier molecular flexibility index (Phi) is 3.98. The number of benzene rings is 1. The highest BCUT2D eigenvalue weighted by atomic mass is 79.9. The molecule has 0 bridgehead atoms. The maximum Gasteiger partial charge on any atom is 0.253 e. The molecule has 5 nitrogen and oxygen atoms in total. The van der Waals surface area contributed by atoms with Gasteiger partial charge in [0.1, 0.15) is 6.10 Å². The van der Waals surface area contributed by atoms with Gasteiger partial charge in [0.2, 0.25) is 0 Å². The van der Waals surface area contributed by atoms with E-state index in [-0.39, 0.29) is 11.8 Å². The van der Waals surface area contributed by atoms with Crippen molar-refractivity contribution < 1.29 is 14.3 Å². The molecule has 1 heterocycles. The van der Waals surface area contributed by atoms with Crippen molar-refractivity contribution in [1.82, 2.24) is 5.32 Å². The van der Waals surface area contributed by atoms with Gasteiger partial charge in [-0.15, -0.1) is 0 Å². The number of amides is 2. The molecular formula is C12H13BrN2O3. The Morgan fingerprint density at radius 2 is 2.17 bits per heavy atom. The van der Waals surface area contributed by atoms with E-state index in [0.29, 0.717) is 17.9 Å². The maximum absolute atomic E-state index is 11.8. The highest BCUT2D eigenvalue weighted by Crippen LogP contribution is 2.23. The second kappa shape index (κ2) is 5.49. The number of carbonyl (C=O) groups is 2. The molecule has 0 saturated carbocycles. The number of carbonyl (C=O) groups excluding carboxylic acids is 2. The second-order valence-corrected chi connectivity index (χ2v) is 4.82. The summed E-state index contributed by atoms with van der Waals surface area (Å²) >= 11 is 3.31. The van der Waals surface area contributed by atoms with Crippen LogP contribution in [-0.2, 0) is 9.53 Å². The van der Waals surface area contributed by atoms with Gasteiger partial charge in [0.05, 0.1) is 17.9 Å². The first-order valence-corrected chi connectivity index (χ1v) is 6.35. The third-order valence-corrected chi connectivity index (χ3v) is 3.20. The van der Waals surface area contributed by atoms with Crippen molar-refractivity contribution in [3.8, 4) is 0 Å². The van der Waals surface area contributed by atoms with Crippen molar-refractivity contribution >= 4 is 33.4 Å². The zero-order valence-corrected chi connectivity index (χ0v) is 11.4. The molecule has 1 aromatic carbocycles. The van der Waals surface area contributed by atoms with Gasteiger partial charge in [-0.25, -0.2) is 0 Å². The smallest absolute Gasteiger partial charge is 0.253 e. The molecule has 1 fully saturated rings. The monoisotopic (exact) mass is 312 g/mol. The summed E-state index contributed by atoms with van der Waals surface area (Å²) in [6, 6.07) is 5.10. The molecule has 0 spiro atoms. The first kappa shape index (κ1) is 13.0. The number of nitrogens with one attached hydrogen (secondary N) is 2. The molecule has 18 heavy (non-hydrogen) atoms. The molecule has 1 aromatic rings. The van der Waals surface area contributed by atoms with E-state index in [1.807, 2.05) is 0 Å². The van der Waals surface area contributed by atoms with E-state index in [1.165, 1.54) is 0 Å². The topological polar surface area (TPSA) is 67.4 Å². The molecule has 1 saturated heterocycles. The standard InChI is InChI=1S/C12H13BrN2O3/c1-14-11(16)8-3-2-7(13)6-9(8)15-12(17)10-4-5-18-10/h2-3,6,10H,4-5H2,1H3,(H,14,16)(H,15,17). The van der Waals surface area contributed by atoms with E-state index in [2.05, 4.69) is 26.6 Å². The molecule has 1 aliphatic heterocycles. The summed E-state index contributed by atoms with van der Waals surface area (Å²) in [7, 11) is 1.55. The molecule has 0 aromatic heterocycles. The Balaban J connectivity index is 2.21. The largest absolute Gasteiger partial charge is 0.368 e. The fourth-order valence-corrected chi connectivity index (χ4v) is 1.97. The Morgan fingerprint density at radius 3 is 2.72 bits per heavy atom. The fraction of sp³-hybridized carbons (Fsp3) is 0.333. The van der Waals surface area contributed by atoms with Crippen LogP contribution < -0.4 is 10.6 Å². The first-order chi connectivity index (χ1) is 8.61. The van der Waals surface area contributed by atoms with Crippen LogP contribution in [0.5, 0.6) is 0 Å². The van der Waals surface area contributed by atoms with Crippen molar-refractivity contribution in [3.63, 3.8) is 0 Å². The molecule has 6 heteroatoms. The fourth-order valence-electron chi connectivity index (χ4n) is 1.61. The lowest BCUT2D eigenvalue weighted by molar-refractivity contribution is -0.139. The zero-order valence-electron chi connectivity index (χ0n) is 9.83. The van der Waals surface area contributed by atoms with Gasteiger partial charge < -0.3 is 15.4 Å². The van der Waals surface area contributed by atoms with Crippen molar-refractivity contribution in [1.29, 1.82) is 0 Å². The maximum atomic E-state index is 11.8. The van der Waals surface area contributed by atoms with Crippen LogP contribution in [-0.4, -0.2) is 31.6 Å². The van der Waals surface area contributed by atoms with Crippen molar-refractivity contribution in [2.24, 2.45) is 0 Å². The Labute approximate surface area is 113 Å². The summed E-state index contributed by atoms with van der Waals surface area (Å²) in [5.74, 6) is -0.461. The van der Waals surface area contributed by atoms with Crippen LogP contribution in [0.2, 0.25) is 0 Å². The number of rotatable bonds is 3. The molecule has 2 amide bonds. The van der Waals surface area contributed by atoms with E-state index in [1.54, 1.807) is 25.2 Å². The van der Waals surface area contributed by atoms with E-state index < -0.39 is 6.10 Å². The SMILES string of the molecule is CNC(=O)c1ccc(Br)cc1NC(=O)C1CCO1. The first-order valence-electron chi connectivity index (χ1n) is 5.56. The minimum absolute atomic E-state index is 0.218. The quantitative estimate of drug-likeness (QED) is 0.889. The van der Waals surface area contributed by atoms with E-state index >= 15 is 0 Å². The average Bonchev–Trinajstić information content (AvgIpc) is 2.25. The summed E-state index contributed by atoms with van der Waals surface area (Å²) in [6.45, 7) is 0.610. The third kappa shape index (κ3) is 2.70. The van der Waals surface area contributed by atoms with Crippen LogP contribution in [0, 0.1) is 0 Å². The van der Waals surface area contributed by atoms with Gasteiger partial charge in [-0.3, -0.25) is 9.59 Å². The Morgan fingerprint density at radius 1 is 1.44 bits per heavy atom. The van der Waals surface area contributed by atoms with E-state index in [9.17, 15) is 9.59 Å². The minimum Gasteiger partial charge on any atom is -0.368 e. The highest BCUT2D eigenvalue weighted by molar-refractivity contribution is 9.10. The van der Waals surface area contributed by atoms with Gasteiger partial charge in [-0.2, -0.15) is 0 Å². The predicted molar refractivity (Wildman–Crippen MR) is 70.5 cm³/mol. The number of halogens is 1. The van der Waals surface area contributed by atoms with Gasteiger partial charge in [-0.1, -0.05) is 15.9 Å². The molecule has 96 valence electrons. The summed E-state index contributed by atoms with van der Waals surface area (Å²) in [5, 5.41) is 5.25. The van der Waals surface area contributed by atoms with Crippen molar-refractivity contribution in [2.75, 3.05) is 19.0 Å². The Bertz CT molecular complexity index is 486. The van der Waals surface area contributed by atoms with Crippen LogP contribution >= 0.6 is 15.9 Å². The molecule has 2 rings (SSSR count). The normalized spacial score (nSPS) is 17.8. The summed E-state index contributed by atoms with van der Waals surface area (Å²) in [6.07, 6.45) is 0.316. The Hall–Kier alpha value is -1.40. The molecule has 0 radical (unpaired) electrons. The molecule has 1 atom stereocenters. The van der Waals surface area contributed by atoms with Crippen LogP contribution in [0.3, 0.4) is 0 Å². The van der Waals surface area contributed by atoms with Gasteiger partial charge >= 0.3 is 0 Å². The van der Waals surface area contributed by atoms with Crippen molar-refractivity contribution in [3.05, 3.63) is 28.2 Å². The summed E-state index contributed by atoms with van der Waals surface area (Å²) < 4.78 is 5.89. The number of anilines is 1. The molecule has 0 aliphatic carbocycles. The third-order valence-electron chi connectivity index (χ3n) is 2.70. The van der Waals surface area contributed by atoms with E-state index in [4.69, 9.17) is 4.74 Å². The van der Waals surface area contributed by atoms with Gasteiger partial charge in [-0.05, 0) is 18.2 Å². The van der Waals surface area contributed by atoms with Gasteiger partial charge in [0.25, 0.3) is 11.8 Å². The lowest BCUT2D eigenvalue weighted by atomic mass is 10.1. The number of hydrogen-bond acceptors (Lipinski definition) is 3. The molecule has 1 unspecified atom stereocenters. The van der Waals surface area contributed by atoms with Crippen LogP contribution in [0.15, 0.2) is 22.7 Å². The number of hydrogen-bond donors (Lipinski definition) is 2. The lowest BCUT2D eigenvalue weighted by Gasteiger charge is -2.25. The molecular weight excluding hydrogens is 300 g/mol. The molecule has 1 aliphatic rings. The zero-order chi connectivity index (χ0) is 13.1. The van der Waals surface area contributed by atoms with E-state index in [0.717, 1.165) is 10.9 Å². The number of ether oxygens (including phenoxy) is 1. The second-order valence-electron chi connectivity index (χ2n) is 3.91. The average molecular weight is 313 g/mol. The minimum atomic E-state index is -0.401. The van der Waals surface area contributed by atoms with Crippen molar-refractivity contribution in [2.45, 2.75) is 12.5 Å². The van der Waals surface area contributed by atoms with Crippen LogP contribution in [0.4, 0.5) is 5.69 Å². The van der Waals surface area contributed by atoms with Crippen LogP contribution in [0.25, 0.3) is 0 Å². The summed E-state index contributed by atoms with van der Waals surface area (Å²) in [5.41, 5.74) is 0.901. The predicted octanol–water partition coefficient (Wildman–Crippen LogP) is 1.54.